The summed E-state index contributed by atoms with van der Waals surface area (Å²) >= 11 is 0. The lowest BCUT2D eigenvalue weighted by molar-refractivity contribution is 1.06. The number of aromatic nitrogens is 4. The minimum Gasteiger partial charge on any atom is -0.348 e. The summed E-state index contributed by atoms with van der Waals surface area (Å²) in [6, 6.07) is 7.94. The second-order valence-corrected chi connectivity index (χ2v) is 3.83. The fourth-order valence-corrected chi connectivity index (χ4v) is 1.80. The fraction of sp³-hybridized carbons (Fsp3) is 0.0769. The average molecular weight is 224 g/mol. The Morgan fingerprint density at radius 2 is 2.12 bits per heavy atom. The molecule has 4 nitrogen and oxygen atoms in total. The molecule has 0 atom stereocenters. The van der Waals surface area contributed by atoms with Crippen LogP contribution in [-0.4, -0.2) is 19.9 Å². The molecular formula is C13H12N4. The van der Waals surface area contributed by atoms with Gasteiger partial charge >= 0.3 is 0 Å². The Labute approximate surface area is 98.4 Å². The standard InChI is InChI=1S/C13H12N4/c1-2-5-12-14-8-11(15-12)13-16-9-6-3-4-7-10(9)17-13/h2-4,6-8H,1,5H2,(H,14,15)(H,16,17). The van der Waals surface area contributed by atoms with Gasteiger partial charge in [0.05, 0.1) is 11.0 Å². The highest BCUT2D eigenvalue weighted by Crippen LogP contribution is 2.18. The Hall–Kier alpha value is -2.36. The molecule has 0 unspecified atom stereocenters. The van der Waals surface area contributed by atoms with Crippen LogP contribution in [0.5, 0.6) is 0 Å². The third-order valence-electron chi connectivity index (χ3n) is 2.60. The predicted octanol–water partition coefficient (Wildman–Crippen LogP) is 2.68. The lowest BCUT2D eigenvalue weighted by Crippen LogP contribution is -1.84. The van der Waals surface area contributed by atoms with Crippen LogP contribution in [0.4, 0.5) is 0 Å². The molecule has 3 aromatic rings. The van der Waals surface area contributed by atoms with E-state index in [-0.39, 0.29) is 0 Å². The van der Waals surface area contributed by atoms with E-state index in [9.17, 15) is 0 Å². The summed E-state index contributed by atoms with van der Waals surface area (Å²) in [5.74, 6) is 1.69. The molecule has 1 aromatic carbocycles. The van der Waals surface area contributed by atoms with Crippen LogP contribution < -0.4 is 0 Å². The summed E-state index contributed by atoms with van der Waals surface area (Å²) in [4.78, 5) is 15.3. The van der Waals surface area contributed by atoms with E-state index in [4.69, 9.17) is 0 Å². The van der Waals surface area contributed by atoms with E-state index in [1.54, 1.807) is 0 Å². The molecule has 0 saturated carbocycles. The molecule has 0 saturated heterocycles. The summed E-state index contributed by atoms with van der Waals surface area (Å²) < 4.78 is 0. The molecule has 3 rings (SSSR count). The van der Waals surface area contributed by atoms with Crippen molar-refractivity contribution < 1.29 is 0 Å². The Morgan fingerprint density at radius 1 is 1.24 bits per heavy atom. The number of allylic oxidation sites excluding steroid dienone is 1. The van der Waals surface area contributed by atoms with Crippen LogP contribution in [0.1, 0.15) is 5.82 Å². The number of imidazole rings is 2. The van der Waals surface area contributed by atoms with E-state index in [1.807, 2.05) is 36.5 Å². The predicted molar refractivity (Wildman–Crippen MR) is 67.6 cm³/mol. The van der Waals surface area contributed by atoms with Gasteiger partial charge in [-0.1, -0.05) is 18.2 Å². The number of H-pyrrole nitrogens is 2. The zero-order valence-corrected chi connectivity index (χ0v) is 9.27. The third kappa shape index (κ3) is 1.73. The van der Waals surface area contributed by atoms with Gasteiger partial charge in [0, 0.05) is 12.6 Å². The molecule has 17 heavy (non-hydrogen) atoms. The topological polar surface area (TPSA) is 57.4 Å². The van der Waals surface area contributed by atoms with Gasteiger partial charge in [-0.15, -0.1) is 6.58 Å². The highest BCUT2D eigenvalue weighted by atomic mass is 15.0. The molecule has 4 heteroatoms. The summed E-state index contributed by atoms with van der Waals surface area (Å²) in [7, 11) is 0. The van der Waals surface area contributed by atoms with Crippen LogP contribution in [0.15, 0.2) is 43.1 Å². The van der Waals surface area contributed by atoms with Gasteiger partial charge in [0.2, 0.25) is 0 Å². The highest BCUT2D eigenvalue weighted by Gasteiger charge is 2.07. The van der Waals surface area contributed by atoms with Gasteiger partial charge in [-0.25, -0.2) is 9.97 Å². The van der Waals surface area contributed by atoms with Crippen LogP contribution >= 0.6 is 0 Å². The van der Waals surface area contributed by atoms with Crippen molar-refractivity contribution in [2.45, 2.75) is 6.42 Å². The maximum atomic E-state index is 4.49. The minimum absolute atomic E-state index is 0.736. The Bertz CT molecular complexity index is 630. The van der Waals surface area contributed by atoms with E-state index >= 15 is 0 Å². The average Bonchev–Trinajstić information content (AvgIpc) is 2.94. The molecule has 0 amide bonds. The largest absolute Gasteiger partial charge is 0.348 e. The molecule has 2 aromatic heterocycles. The summed E-state index contributed by atoms with van der Waals surface area (Å²) in [6.45, 7) is 3.69. The molecule has 2 heterocycles. The number of rotatable bonds is 3. The Balaban J connectivity index is 2.04. The third-order valence-corrected chi connectivity index (χ3v) is 2.60. The molecule has 0 fully saturated rings. The van der Waals surface area contributed by atoms with Gasteiger partial charge in [-0.05, 0) is 12.1 Å². The van der Waals surface area contributed by atoms with Crippen molar-refractivity contribution in [2.75, 3.05) is 0 Å². The van der Waals surface area contributed by atoms with Crippen molar-refractivity contribution in [3.05, 3.63) is 48.9 Å². The Morgan fingerprint density at radius 3 is 2.94 bits per heavy atom. The van der Waals surface area contributed by atoms with Gasteiger partial charge in [-0.3, -0.25) is 0 Å². The second kappa shape index (κ2) is 3.90. The van der Waals surface area contributed by atoms with E-state index in [0.29, 0.717) is 0 Å². The molecular weight excluding hydrogens is 212 g/mol. The van der Waals surface area contributed by atoms with Gasteiger partial charge < -0.3 is 9.97 Å². The number of hydrogen-bond acceptors (Lipinski definition) is 2. The van der Waals surface area contributed by atoms with Gasteiger partial charge in [0.1, 0.15) is 11.5 Å². The first kappa shape index (κ1) is 9.84. The van der Waals surface area contributed by atoms with E-state index in [2.05, 4.69) is 26.5 Å². The number of aromatic amines is 2. The first-order valence-electron chi connectivity index (χ1n) is 5.47. The minimum atomic E-state index is 0.736. The van der Waals surface area contributed by atoms with Crippen LogP contribution in [0.3, 0.4) is 0 Å². The second-order valence-electron chi connectivity index (χ2n) is 3.83. The molecule has 84 valence electrons. The van der Waals surface area contributed by atoms with E-state index in [0.717, 1.165) is 34.8 Å². The molecule has 0 spiro atoms. The fourth-order valence-electron chi connectivity index (χ4n) is 1.80. The SMILES string of the molecule is C=CCc1nc(-c2nc3ccccc3[nH]2)c[nH]1. The summed E-state index contributed by atoms with van der Waals surface area (Å²) in [5.41, 5.74) is 2.81. The quantitative estimate of drug-likeness (QED) is 0.672. The van der Waals surface area contributed by atoms with Crippen molar-refractivity contribution >= 4 is 11.0 Å². The van der Waals surface area contributed by atoms with Crippen LogP contribution in [0.25, 0.3) is 22.6 Å². The lowest BCUT2D eigenvalue weighted by atomic mass is 10.3. The maximum Gasteiger partial charge on any atom is 0.158 e. The van der Waals surface area contributed by atoms with E-state index in [1.165, 1.54) is 0 Å². The highest BCUT2D eigenvalue weighted by molar-refractivity contribution is 5.78. The van der Waals surface area contributed by atoms with Gasteiger partial charge in [0.25, 0.3) is 0 Å². The normalized spacial score (nSPS) is 10.8. The van der Waals surface area contributed by atoms with Crippen LogP contribution in [0, 0.1) is 0 Å². The number of nitrogens with one attached hydrogen (secondary N) is 2. The molecule has 0 aliphatic heterocycles. The van der Waals surface area contributed by atoms with Crippen LogP contribution in [-0.2, 0) is 6.42 Å². The van der Waals surface area contributed by atoms with E-state index < -0.39 is 0 Å². The lowest BCUT2D eigenvalue weighted by Gasteiger charge is -1.87. The van der Waals surface area contributed by atoms with Crippen molar-refractivity contribution in [2.24, 2.45) is 0 Å². The van der Waals surface area contributed by atoms with Crippen molar-refractivity contribution in [1.82, 2.24) is 19.9 Å². The number of para-hydroxylation sites is 2. The summed E-state index contributed by atoms with van der Waals surface area (Å²) in [6.07, 6.45) is 4.41. The molecule has 0 aliphatic carbocycles. The van der Waals surface area contributed by atoms with Crippen LogP contribution in [0.2, 0.25) is 0 Å². The molecule has 2 N–H and O–H groups in total. The zero-order chi connectivity index (χ0) is 11.7. The molecule has 0 radical (unpaired) electrons. The number of nitrogens with zero attached hydrogens (tertiary/aromatic N) is 2. The first-order chi connectivity index (χ1) is 8.36. The van der Waals surface area contributed by atoms with Gasteiger partial charge in [0.15, 0.2) is 5.82 Å². The van der Waals surface area contributed by atoms with Crippen molar-refractivity contribution in [3.8, 4) is 11.5 Å². The summed E-state index contributed by atoms with van der Waals surface area (Å²) in [5, 5.41) is 0. The molecule has 0 aliphatic rings. The van der Waals surface area contributed by atoms with Crippen molar-refractivity contribution in [1.29, 1.82) is 0 Å². The number of fused-ring (bicyclic) bond motifs is 1. The monoisotopic (exact) mass is 224 g/mol. The number of hydrogen-bond donors (Lipinski definition) is 2. The first-order valence-corrected chi connectivity index (χ1v) is 5.47. The number of benzene rings is 1. The molecule has 0 bridgehead atoms. The van der Waals surface area contributed by atoms with Gasteiger partial charge in [-0.2, -0.15) is 0 Å². The van der Waals surface area contributed by atoms with Crippen molar-refractivity contribution in [3.63, 3.8) is 0 Å². The zero-order valence-electron chi connectivity index (χ0n) is 9.27. The maximum absolute atomic E-state index is 4.49. The smallest absolute Gasteiger partial charge is 0.158 e. The Kier molecular flexibility index (Phi) is 2.26.